The van der Waals surface area contributed by atoms with Crippen LogP contribution in [-0.4, -0.2) is 14.5 Å². The summed E-state index contributed by atoms with van der Waals surface area (Å²) in [4.78, 5) is 8.45. The van der Waals surface area contributed by atoms with Crippen LogP contribution in [0.3, 0.4) is 0 Å². The highest BCUT2D eigenvalue weighted by atomic mass is 15.0. The van der Waals surface area contributed by atoms with Crippen molar-refractivity contribution in [2.75, 3.05) is 0 Å². The van der Waals surface area contributed by atoms with Crippen LogP contribution in [0, 0.1) is 0 Å². The Balaban J connectivity index is 2.28. The molecule has 0 atom stereocenters. The third-order valence-corrected chi connectivity index (χ3v) is 2.96. The van der Waals surface area contributed by atoms with Gasteiger partial charge < -0.3 is 4.57 Å². The van der Waals surface area contributed by atoms with Crippen LogP contribution in [0.2, 0.25) is 0 Å². The summed E-state index contributed by atoms with van der Waals surface area (Å²) >= 11 is 0. The van der Waals surface area contributed by atoms with Crippen molar-refractivity contribution in [1.82, 2.24) is 14.5 Å². The monoisotopic (exact) mass is 235 g/mol. The Labute approximate surface area is 105 Å². The van der Waals surface area contributed by atoms with E-state index in [1.165, 1.54) is 0 Å². The number of aromatic nitrogens is 3. The number of pyridine rings is 2. The number of hydrogen-bond acceptors (Lipinski definition) is 2. The van der Waals surface area contributed by atoms with Gasteiger partial charge in [-0.05, 0) is 30.3 Å². The third kappa shape index (κ3) is 1.70. The molecule has 0 aliphatic heterocycles. The lowest BCUT2D eigenvalue weighted by molar-refractivity contribution is 0.873. The van der Waals surface area contributed by atoms with Gasteiger partial charge in [0.2, 0.25) is 0 Å². The molecule has 0 N–H and O–H groups in total. The van der Waals surface area contributed by atoms with Crippen LogP contribution in [0.4, 0.5) is 0 Å². The van der Waals surface area contributed by atoms with Gasteiger partial charge in [0.05, 0.1) is 16.7 Å². The van der Waals surface area contributed by atoms with E-state index in [0.717, 1.165) is 28.8 Å². The largest absolute Gasteiger partial charge is 0.335 e. The predicted octanol–water partition coefficient (Wildman–Crippen LogP) is 3.28. The maximum Gasteiger partial charge on any atom is 0.0887 e. The second-order valence-electron chi connectivity index (χ2n) is 4.07. The van der Waals surface area contributed by atoms with Gasteiger partial charge in [-0.2, -0.15) is 0 Å². The van der Waals surface area contributed by atoms with Gasteiger partial charge in [-0.1, -0.05) is 6.08 Å². The molecular formula is C15H13N3. The van der Waals surface area contributed by atoms with Crippen molar-refractivity contribution >= 4 is 11.0 Å². The van der Waals surface area contributed by atoms with Crippen molar-refractivity contribution in [2.24, 2.45) is 0 Å². The van der Waals surface area contributed by atoms with E-state index < -0.39 is 0 Å². The summed E-state index contributed by atoms with van der Waals surface area (Å²) in [5, 5.41) is 0. The molecule has 0 bridgehead atoms. The van der Waals surface area contributed by atoms with Crippen molar-refractivity contribution in [3.05, 3.63) is 61.6 Å². The molecule has 0 spiro atoms. The number of allylic oxidation sites excluding steroid dienone is 1. The lowest BCUT2D eigenvalue weighted by Gasteiger charge is -2.07. The van der Waals surface area contributed by atoms with Gasteiger partial charge in [-0.3, -0.25) is 9.97 Å². The standard InChI is InChI=1S/C15H13N3/c1-2-10-18-14-4-3-7-17-13(14)11-15(18)12-5-8-16-9-6-12/h2-9,11H,1,10H2. The fourth-order valence-electron chi connectivity index (χ4n) is 2.17. The van der Waals surface area contributed by atoms with E-state index in [9.17, 15) is 0 Å². The molecule has 0 saturated carbocycles. The van der Waals surface area contributed by atoms with Crippen LogP contribution in [0.15, 0.2) is 61.6 Å². The van der Waals surface area contributed by atoms with Crippen LogP contribution in [0.1, 0.15) is 0 Å². The molecule has 0 fully saturated rings. The molecule has 88 valence electrons. The first-order valence-electron chi connectivity index (χ1n) is 5.85. The molecule has 0 aliphatic rings. The molecule has 3 rings (SSSR count). The number of rotatable bonds is 3. The Bertz CT molecular complexity index is 683. The van der Waals surface area contributed by atoms with Crippen molar-refractivity contribution in [2.45, 2.75) is 6.54 Å². The second kappa shape index (κ2) is 4.45. The summed E-state index contributed by atoms with van der Waals surface area (Å²) in [6, 6.07) is 10.2. The summed E-state index contributed by atoms with van der Waals surface area (Å²) in [7, 11) is 0. The first-order valence-corrected chi connectivity index (χ1v) is 5.85. The van der Waals surface area contributed by atoms with Crippen molar-refractivity contribution < 1.29 is 0 Å². The number of nitrogens with zero attached hydrogens (tertiary/aromatic N) is 3. The maximum atomic E-state index is 4.40. The first-order chi connectivity index (χ1) is 8.90. The molecule has 3 nitrogen and oxygen atoms in total. The zero-order valence-electron chi connectivity index (χ0n) is 9.95. The topological polar surface area (TPSA) is 30.7 Å². The Morgan fingerprint density at radius 1 is 1.17 bits per heavy atom. The van der Waals surface area contributed by atoms with Crippen LogP contribution >= 0.6 is 0 Å². The lowest BCUT2D eigenvalue weighted by Crippen LogP contribution is -1.97. The fraction of sp³-hybridized carbons (Fsp3) is 0.0667. The smallest absolute Gasteiger partial charge is 0.0887 e. The molecule has 0 amide bonds. The molecule has 3 aromatic heterocycles. The normalized spacial score (nSPS) is 10.7. The van der Waals surface area contributed by atoms with Crippen LogP contribution < -0.4 is 0 Å². The summed E-state index contributed by atoms with van der Waals surface area (Å²) in [6.07, 6.45) is 7.32. The SMILES string of the molecule is C=CCn1c(-c2ccncc2)cc2ncccc21. The summed E-state index contributed by atoms with van der Waals surface area (Å²) < 4.78 is 2.21. The van der Waals surface area contributed by atoms with Crippen LogP contribution in [0.5, 0.6) is 0 Å². The average Bonchev–Trinajstić information content (AvgIpc) is 2.80. The molecule has 18 heavy (non-hydrogen) atoms. The van der Waals surface area contributed by atoms with Crippen LogP contribution in [0.25, 0.3) is 22.3 Å². The minimum absolute atomic E-state index is 0.771. The zero-order valence-corrected chi connectivity index (χ0v) is 9.95. The Morgan fingerprint density at radius 3 is 2.78 bits per heavy atom. The molecule has 0 saturated heterocycles. The molecule has 3 heteroatoms. The van der Waals surface area contributed by atoms with E-state index in [2.05, 4.69) is 33.2 Å². The third-order valence-electron chi connectivity index (χ3n) is 2.96. The van der Waals surface area contributed by atoms with Gasteiger partial charge in [0.15, 0.2) is 0 Å². The van der Waals surface area contributed by atoms with E-state index in [1.54, 1.807) is 12.4 Å². The molecule has 0 aliphatic carbocycles. The van der Waals surface area contributed by atoms with E-state index in [1.807, 2.05) is 30.5 Å². The van der Waals surface area contributed by atoms with Gasteiger partial charge in [-0.15, -0.1) is 6.58 Å². The number of hydrogen-bond donors (Lipinski definition) is 0. The molecule has 3 heterocycles. The Morgan fingerprint density at radius 2 is 2.00 bits per heavy atom. The minimum Gasteiger partial charge on any atom is -0.335 e. The number of fused-ring (bicyclic) bond motifs is 1. The zero-order chi connectivity index (χ0) is 12.4. The average molecular weight is 235 g/mol. The van der Waals surface area contributed by atoms with E-state index in [0.29, 0.717) is 0 Å². The second-order valence-corrected chi connectivity index (χ2v) is 4.07. The van der Waals surface area contributed by atoms with Gasteiger partial charge in [-0.25, -0.2) is 0 Å². The van der Waals surface area contributed by atoms with Crippen LogP contribution in [-0.2, 0) is 6.54 Å². The van der Waals surface area contributed by atoms with Crippen molar-refractivity contribution in [3.63, 3.8) is 0 Å². The predicted molar refractivity (Wildman–Crippen MR) is 73.2 cm³/mol. The molecular weight excluding hydrogens is 222 g/mol. The summed E-state index contributed by atoms with van der Waals surface area (Å²) in [5.41, 5.74) is 4.42. The van der Waals surface area contributed by atoms with E-state index in [-0.39, 0.29) is 0 Å². The van der Waals surface area contributed by atoms with Gasteiger partial charge in [0.1, 0.15) is 0 Å². The van der Waals surface area contributed by atoms with Crippen molar-refractivity contribution in [1.29, 1.82) is 0 Å². The maximum absolute atomic E-state index is 4.40. The van der Waals surface area contributed by atoms with E-state index >= 15 is 0 Å². The van der Waals surface area contributed by atoms with E-state index in [4.69, 9.17) is 0 Å². The highest BCUT2D eigenvalue weighted by Crippen LogP contribution is 2.26. The Hall–Kier alpha value is -2.42. The lowest BCUT2D eigenvalue weighted by atomic mass is 10.2. The van der Waals surface area contributed by atoms with Crippen molar-refractivity contribution in [3.8, 4) is 11.3 Å². The summed E-state index contributed by atoms with van der Waals surface area (Å²) in [5.74, 6) is 0. The summed E-state index contributed by atoms with van der Waals surface area (Å²) in [6.45, 7) is 4.59. The molecule has 3 aromatic rings. The van der Waals surface area contributed by atoms with Gasteiger partial charge in [0, 0.05) is 30.7 Å². The quantitative estimate of drug-likeness (QED) is 0.652. The highest BCUT2D eigenvalue weighted by molar-refractivity contribution is 5.83. The van der Waals surface area contributed by atoms with Gasteiger partial charge >= 0.3 is 0 Å². The minimum atomic E-state index is 0.771. The first kappa shape index (κ1) is 10.7. The van der Waals surface area contributed by atoms with Gasteiger partial charge in [0.25, 0.3) is 0 Å². The molecule has 0 aromatic carbocycles. The highest BCUT2D eigenvalue weighted by Gasteiger charge is 2.09. The molecule has 0 unspecified atom stereocenters. The Kier molecular flexibility index (Phi) is 2.65. The molecule has 0 radical (unpaired) electrons. The fourth-order valence-corrected chi connectivity index (χ4v) is 2.17.